The zero-order valence-electron chi connectivity index (χ0n) is 12.3. The first kappa shape index (κ1) is 14.5. The molecule has 0 radical (unpaired) electrons. The van der Waals surface area contributed by atoms with Crippen LogP contribution in [0.2, 0.25) is 0 Å². The van der Waals surface area contributed by atoms with Gasteiger partial charge in [0, 0.05) is 11.6 Å². The number of benzene rings is 1. The Hall–Kier alpha value is -1.87. The molecular weight excluding hydrogens is 250 g/mol. The number of rotatable bonds is 4. The Morgan fingerprint density at radius 1 is 1.10 bits per heavy atom. The number of hydrogen-bond donors (Lipinski definition) is 1. The molecule has 1 aromatic heterocycles. The maximum Gasteiger partial charge on any atom is 0.256 e. The number of nitrogens with zero attached hydrogens (tertiary/aromatic N) is 1. The predicted molar refractivity (Wildman–Crippen MR) is 81.8 cm³/mol. The van der Waals surface area contributed by atoms with Crippen molar-refractivity contribution in [3.8, 4) is 11.3 Å². The van der Waals surface area contributed by atoms with Crippen molar-refractivity contribution in [3.05, 3.63) is 57.9 Å². The molecule has 2 aromatic rings. The van der Waals surface area contributed by atoms with Gasteiger partial charge in [0.2, 0.25) is 0 Å². The van der Waals surface area contributed by atoms with Crippen molar-refractivity contribution in [1.29, 1.82) is 0 Å². The third kappa shape index (κ3) is 2.68. The summed E-state index contributed by atoms with van der Waals surface area (Å²) in [4.78, 5) is 12.4. The fourth-order valence-corrected chi connectivity index (χ4v) is 2.37. The highest BCUT2D eigenvalue weighted by molar-refractivity contribution is 5.60. The summed E-state index contributed by atoms with van der Waals surface area (Å²) in [6.07, 6.45) is 1.00. The second-order valence-electron chi connectivity index (χ2n) is 5.22. The van der Waals surface area contributed by atoms with Crippen LogP contribution in [0.25, 0.3) is 11.3 Å². The fraction of sp³-hybridized carbons (Fsp3) is 0.353. The van der Waals surface area contributed by atoms with Gasteiger partial charge >= 0.3 is 0 Å². The highest BCUT2D eigenvalue weighted by Crippen LogP contribution is 2.22. The first-order valence-electron chi connectivity index (χ1n) is 7.03. The number of aliphatic hydroxyl groups is 1. The van der Waals surface area contributed by atoms with Crippen molar-refractivity contribution in [2.45, 2.75) is 39.8 Å². The lowest BCUT2D eigenvalue weighted by Gasteiger charge is -2.18. The van der Waals surface area contributed by atoms with Crippen molar-refractivity contribution < 1.29 is 5.11 Å². The number of aryl methyl sites for hydroxylation is 1. The SMILES string of the molecule is CCc1ccc(-c2ccc(CO)c(=O)n2C(C)C)cc1. The number of aliphatic hydroxyl groups excluding tert-OH is 1. The van der Waals surface area contributed by atoms with E-state index in [2.05, 4.69) is 19.1 Å². The van der Waals surface area contributed by atoms with E-state index >= 15 is 0 Å². The molecule has 0 atom stereocenters. The van der Waals surface area contributed by atoms with Crippen LogP contribution in [0.3, 0.4) is 0 Å². The Labute approximate surface area is 119 Å². The van der Waals surface area contributed by atoms with Gasteiger partial charge in [0.05, 0.1) is 12.3 Å². The largest absolute Gasteiger partial charge is 0.391 e. The van der Waals surface area contributed by atoms with Crippen molar-refractivity contribution in [2.24, 2.45) is 0 Å². The van der Waals surface area contributed by atoms with E-state index in [4.69, 9.17) is 0 Å². The smallest absolute Gasteiger partial charge is 0.256 e. The van der Waals surface area contributed by atoms with Crippen LogP contribution in [0, 0.1) is 0 Å². The van der Waals surface area contributed by atoms with E-state index in [-0.39, 0.29) is 18.2 Å². The molecule has 0 aliphatic rings. The van der Waals surface area contributed by atoms with Crippen LogP contribution in [-0.2, 0) is 13.0 Å². The lowest BCUT2D eigenvalue weighted by atomic mass is 10.1. The fourth-order valence-electron chi connectivity index (χ4n) is 2.37. The Morgan fingerprint density at radius 3 is 2.25 bits per heavy atom. The first-order valence-corrected chi connectivity index (χ1v) is 7.03. The first-order chi connectivity index (χ1) is 9.58. The monoisotopic (exact) mass is 271 g/mol. The van der Waals surface area contributed by atoms with Crippen molar-refractivity contribution >= 4 is 0 Å². The molecule has 0 aliphatic carbocycles. The summed E-state index contributed by atoms with van der Waals surface area (Å²) in [5.41, 5.74) is 3.52. The Kier molecular flexibility index (Phi) is 4.40. The van der Waals surface area contributed by atoms with Gasteiger partial charge in [-0.15, -0.1) is 0 Å². The lowest BCUT2D eigenvalue weighted by Crippen LogP contribution is -2.26. The molecule has 2 rings (SSSR count). The summed E-state index contributed by atoms with van der Waals surface area (Å²) < 4.78 is 1.74. The van der Waals surface area contributed by atoms with Crippen LogP contribution >= 0.6 is 0 Å². The van der Waals surface area contributed by atoms with E-state index in [1.54, 1.807) is 10.6 Å². The molecule has 3 heteroatoms. The highest BCUT2D eigenvalue weighted by Gasteiger charge is 2.12. The van der Waals surface area contributed by atoms with E-state index in [0.29, 0.717) is 5.56 Å². The molecule has 0 spiro atoms. The van der Waals surface area contributed by atoms with Gasteiger partial charge in [0.15, 0.2) is 0 Å². The predicted octanol–water partition coefficient (Wildman–Crippen LogP) is 3.15. The average molecular weight is 271 g/mol. The number of aromatic nitrogens is 1. The van der Waals surface area contributed by atoms with Crippen LogP contribution in [0.4, 0.5) is 0 Å². The second kappa shape index (κ2) is 6.06. The van der Waals surface area contributed by atoms with Crippen LogP contribution in [-0.4, -0.2) is 9.67 Å². The van der Waals surface area contributed by atoms with Crippen LogP contribution in [0.15, 0.2) is 41.2 Å². The van der Waals surface area contributed by atoms with Crippen LogP contribution in [0.5, 0.6) is 0 Å². The number of pyridine rings is 1. The van der Waals surface area contributed by atoms with E-state index < -0.39 is 0 Å². The molecule has 0 fully saturated rings. The molecule has 0 saturated heterocycles. The van der Waals surface area contributed by atoms with Crippen LogP contribution < -0.4 is 5.56 Å². The summed E-state index contributed by atoms with van der Waals surface area (Å²) >= 11 is 0. The Morgan fingerprint density at radius 2 is 1.75 bits per heavy atom. The maximum absolute atomic E-state index is 12.4. The van der Waals surface area contributed by atoms with Gasteiger partial charge in [-0.1, -0.05) is 31.2 Å². The molecule has 0 amide bonds. The van der Waals surface area contributed by atoms with Crippen LogP contribution in [0.1, 0.15) is 37.9 Å². The third-order valence-corrected chi connectivity index (χ3v) is 3.54. The molecular formula is C17H21NO2. The summed E-state index contributed by atoms with van der Waals surface area (Å²) in [7, 11) is 0. The van der Waals surface area contributed by atoms with Gasteiger partial charge in [-0.25, -0.2) is 0 Å². The van der Waals surface area contributed by atoms with Gasteiger partial charge in [0.1, 0.15) is 0 Å². The minimum Gasteiger partial charge on any atom is -0.391 e. The molecule has 0 saturated carbocycles. The Bertz CT molecular complexity index is 639. The van der Waals surface area contributed by atoms with Gasteiger partial charge in [-0.05, 0) is 43.5 Å². The minimum atomic E-state index is -0.222. The average Bonchev–Trinajstić information content (AvgIpc) is 2.46. The molecule has 0 bridgehead atoms. The summed E-state index contributed by atoms with van der Waals surface area (Å²) in [5, 5.41) is 9.24. The van der Waals surface area contributed by atoms with Crippen molar-refractivity contribution in [1.82, 2.24) is 4.57 Å². The molecule has 20 heavy (non-hydrogen) atoms. The van der Waals surface area contributed by atoms with Gasteiger partial charge in [-0.2, -0.15) is 0 Å². The molecule has 1 N–H and O–H groups in total. The van der Waals surface area contributed by atoms with Gasteiger partial charge < -0.3 is 9.67 Å². The summed E-state index contributed by atoms with van der Waals surface area (Å²) in [5.74, 6) is 0. The molecule has 1 aromatic carbocycles. The summed E-state index contributed by atoms with van der Waals surface area (Å²) in [6.45, 7) is 5.86. The van der Waals surface area contributed by atoms with E-state index in [1.807, 2.05) is 32.0 Å². The highest BCUT2D eigenvalue weighted by atomic mass is 16.3. The molecule has 0 aliphatic heterocycles. The quantitative estimate of drug-likeness (QED) is 0.928. The van der Waals surface area contributed by atoms with Gasteiger partial charge in [0.25, 0.3) is 5.56 Å². The standard InChI is InChI=1S/C17H21NO2/c1-4-13-5-7-14(8-6-13)16-10-9-15(11-19)17(20)18(16)12(2)3/h5-10,12,19H,4,11H2,1-3H3. The molecule has 106 valence electrons. The molecule has 1 heterocycles. The van der Waals surface area contributed by atoms with E-state index in [9.17, 15) is 9.90 Å². The number of hydrogen-bond acceptors (Lipinski definition) is 2. The Balaban J connectivity index is 2.61. The maximum atomic E-state index is 12.4. The second-order valence-corrected chi connectivity index (χ2v) is 5.22. The van der Waals surface area contributed by atoms with E-state index in [0.717, 1.165) is 17.7 Å². The zero-order chi connectivity index (χ0) is 14.7. The third-order valence-electron chi connectivity index (χ3n) is 3.54. The normalized spacial score (nSPS) is 11.1. The van der Waals surface area contributed by atoms with Crippen molar-refractivity contribution in [3.63, 3.8) is 0 Å². The minimum absolute atomic E-state index is 0.0508. The van der Waals surface area contributed by atoms with E-state index in [1.165, 1.54) is 5.56 Å². The molecule has 0 unspecified atom stereocenters. The zero-order valence-corrected chi connectivity index (χ0v) is 12.3. The van der Waals surface area contributed by atoms with Gasteiger partial charge in [-0.3, -0.25) is 4.79 Å². The lowest BCUT2D eigenvalue weighted by molar-refractivity contribution is 0.279. The molecule has 3 nitrogen and oxygen atoms in total. The topological polar surface area (TPSA) is 42.2 Å². The summed E-state index contributed by atoms with van der Waals surface area (Å²) in [6, 6.07) is 11.9. The van der Waals surface area contributed by atoms with Crippen molar-refractivity contribution in [2.75, 3.05) is 0 Å².